The highest BCUT2D eigenvalue weighted by Crippen LogP contribution is 2.45. The number of alkyl halides is 3. The van der Waals surface area contributed by atoms with Crippen LogP contribution in [-0.2, 0) is 22.1 Å². The molecule has 8 nitrogen and oxygen atoms in total. The third kappa shape index (κ3) is 6.29. The monoisotopic (exact) mass is 586 g/mol. The lowest BCUT2D eigenvalue weighted by Crippen LogP contribution is -2.45. The Kier molecular flexibility index (Phi) is 8.06. The average Bonchev–Trinajstić information content (AvgIpc) is 3.55. The fourth-order valence-corrected chi connectivity index (χ4v) is 7.81. The number of nitrogens with one attached hydrogen (secondary N) is 2. The van der Waals surface area contributed by atoms with Crippen LogP contribution in [0.1, 0.15) is 46.9 Å². The maximum Gasteiger partial charge on any atom is 0.416 e. The van der Waals surface area contributed by atoms with Gasteiger partial charge in [0.25, 0.3) is 0 Å². The zero-order valence-electron chi connectivity index (χ0n) is 22.8. The number of nitrogens with zero attached hydrogens (tertiary/aromatic N) is 4. The van der Waals surface area contributed by atoms with Crippen LogP contribution in [0.5, 0.6) is 0 Å². The van der Waals surface area contributed by atoms with Gasteiger partial charge in [-0.1, -0.05) is 0 Å². The summed E-state index contributed by atoms with van der Waals surface area (Å²) in [6.07, 6.45) is 2.86. The molecule has 2 aromatic heterocycles. The van der Waals surface area contributed by atoms with Crippen molar-refractivity contribution >= 4 is 34.4 Å². The first kappa shape index (κ1) is 28.2. The fourth-order valence-electron chi connectivity index (χ4n) is 6.15. The van der Waals surface area contributed by atoms with E-state index in [-0.39, 0.29) is 34.9 Å². The molecule has 1 amide bonds. The van der Waals surface area contributed by atoms with Crippen molar-refractivity contribution in [3.63, 3.8) is 0 Å². The number of halogens is 3. The molecule has 2 unspecified atom stereocenters. The Bertz CT molecular complexity index is 1420. The van der Waals surface area contributed by atoms with Crippen LogP contribution in [0.15, 0.2) is 36.8 Å². The van der Waals surface area contributed by atoms with Gasteiger partial charge in [0, 0.05) is 60.1 Å². The highest BCUT2D eigenvalue weighted by atomic mass is 32.2. The molecule has 3 aromatic rings. The number of ether oxygens (including phenoxy) is 1. The molecule has 4 heterocycles. The fraction of sp³-hybridized carbons (Fsp3) is 0.517. The van der Waals surface area contributed by atoms with Crippen molar-refractivity contribution in [3.8, 4) is 0 Å². The molecule has 0 radical (unpaired) electrons. The topological polar surface area (TPSA) is 92.3 Å². The smallest absolute Gasteiger partial charge is 0.381 e. The zero-order chi connectivity index (χ0) is 28.6. The van der Waals surface area contributed by atoms with E-state index in [1.54, 1.807) is 0 Å². The van der Waals surface area contributed by atoms with Gasteiger partial charge in [0.15, 0.2) is 0 Å². The predicted octanol–water partition coefficient (Wildman–Crippen LogP) is 4.53. The van der Waals surface area contributed by atoms with Crippen molar-refractivity contribution in [2.75, 3.05) is 38.2 Å². The Morgan fingerprint density at radius 1 is 1.12 bits per heavy atom. The van der Waals surface area contributed by atoms with Crippen molar-refractivity contribution < 1.29 is 22.7 Å². The average molecular weight is 587 g/mol. The first-order valence-corrected chi connectivity index (χ1v) is 15.0. The number of rotatable bonds is 7. The number of aromatic nitrogens is 3. The highest BCUT2D eigenvalue weighted by Gasteiger charge is 2.40. The zero-order valence-corrected chi connectivity index (χ0v) is 23.6. The van der Waals surface area contributed by atoms with Crippen LogP contribution in [0.25, 0.3) is 10.9 Å². The van der Waals surface area contributed by atoms with E-state index in [0.717, 1.165) is 69.8 Å². The molecular formula is C29H33F3N6O2S. The van der Waals surface area contributed by atoms with Crippen LogP contribution in [0.3, 0.4) is 0 Å². The largest absolute Gasteiger partial charge is 0.416 e. The summed E-state index contributed by atoms with van der Waals surface area (Å²) in [6, 6.07) is 5.88. The first-order chi connectivity index (χ1) is 19.7. The third-order valence-electron chi connectivity index (χ3n) is 8.25. The van der Waals surface area contributed by atoms with Crippen molar-refractivity contribution in [2.24, 2.45) is 0 Å². The van der Waals surface area contributed by atoms with Gasteiger partial charge in [0.2, 0.25) is 5.91 Å². The number of aryl methyl sites for hydroxylation is 2. The van der Waals surface area contributed by atoms with Gasteiger partial charge in [-0.05, 0) is 68.0 Å². The van der Waals surface area contributed by atoms with Gasteiger partial charge >= 0.3 is 6.18 Å². The normalized spacial score (nSPS) is 23.6. The first-order valence-electron chi connectivity index (χ1n) is 14.0. The Labute approximate surface area is 240 Å². The molecule has 1 aliphatic carbocycles. The van der Waals surface area contributed by atoms with Gasteiger partial charge in [0.05, 0.1) is 23.7 Å². The van der Waals surface area contributed by atoms with E-state index in [2.05, 4.69) is 36.6 Å². The van der Waals surface area contributed by atoms with Crippen molar-refractivity contribution in [1.29, 1.82) is 0 Å². The highest BCUT2D eigenvalue weighted by molar-refractivity contribution is 8.00. The van der Waals surface area contributed by atoms with Crippen molar-refractivity contribution in [3.05, 3.63) is 59.2 Å². The number of anilines is 1. The molecule has 2 aliphatic heterocycles. The minimum atomic E-state index is -4.49. The van der Waals surface area contributed by atoms with E-state index in [0.29, 0.717) is 16.8 Å². The Morgan fingerprint density at radius 2 is 1.95 bits per heavy atom. The van der Waals surface area contributed by atoms with E-state index in [1.807, 2.05) is 24.9 Å². The summed E-state index contributed by atoms with van der Waals surface area (Å²) in [5, 5.41) is 6.93. The van der Waals surface area contributed by atoms with E-state index in [1.165, 1.54) is 23.5 Å². The SMILES string of the molecule is Cc1cc2c(cn1)C(S[C@H]1CN(C3CCOCC3)CC1NC(=O)CNc1ncnc3ccc(C(F)(F)F)cc13)CC2. The standard InChI is InChI=1S/C29H33F3N6O2S/c1-17-10-18-2-5-25(22(18)12-33-17)41-26-15-38(20-6-8-40-9-7-20)14-24(26)37-27(39)13-34-28-21-11-19(29(30,31)32)3-4-23(21)35-16-36-28/h3-4,10-12,16,20,24-26H,2,5-9,13-15H2,1H3,(H,37,39)(H,34,35,36)/t24?,25?,26-/m0/s1. The summed E-state index contributed by atoms with van der Waals surface area (Å²) in [4.78, 5) is 28.4. The molecule has 2 fully saturated rings. The maximum absolute atomic E-state index is 13.3. The van der Waals surface area contributed by atoms with Crippen LogP contribution in [0, 0.1) is 6.92 Å². The number of hydrogen-bond acceptors (Lipinski definition) is 8. The Morgan fingerprint density at radius 3 is 2.76 bits per heavy atom. The second-order valence-electron chi connectivity index (χ2n) is 11.0. The summed E-state index contributed by atoms with van der Waals surface area (Å²) in [6.45, 7) is 5.06. The van der Waals surface area contributed by atoms with E-state index in [9.17, 15) is 18.0 Å². The molecule has 3 aliphatic rings. The Balaban J connectivity index is 1.15. The third-order valence-corrected chi connectivity index (χ3v) is 9.90. The number of fused-ring (bicyclic) bond motifs is 2. The summed E-state index contributed by atoms with van der Waals surface area (Å²) in [5.41, 5.74) is 3.28. The lowest BCUT2D eigenvalue weighted by Gasteiger charge is -2.31. The number of amides is 1. The van der Waals surface area contributed by atoms with E-state index in [4.69, 9.17) is 4.74 Å². The van der Waals surface area contributed by atoms with Crippen LogP contribution < -0.4 is 10.6 Å². The molecule has 0 saturated carbocycles. The van der Waals surface area contributed by atoms with Crippen molar-refractivity contribution in [1.82, 2.24) is 25.2 Å². The number of carbonyl (C=O) groups is 1. The summed E-state index contributed by atoms with van der Waals surface area (Å²) < 4.78 is 45.5. The van der Waals surface area contributed by atoms with E-state index < -0.39 is 11.7 Å². The molecule has 0 spiro atoms. The second kappa shape index (κ2) is 11.7. The van der Waals surface area contributed by atoms with Crippen molar-refractivity contribution in [2.45, 2.75) is 61.4 Å². The summed E-state index contributed by atoms with van der Waals surface area (Å²) >= 11 is 1.93. The molecule has 1 aromatic carbocycles. The number of likely N-dealkylation sites (tertiary alicyclic amines) is 1. The molecule has 218 valence electrons. The van der Waals surface area contributed by atoms with Crippen LogP contribution >= 0.6 is 11.8 Å². The van der Waals surface area contributed by atoms with Gasteiger partial charge in [0.1, 0.15) is 12.1 Å². The molecule has 2 saturated heterocycles. The van der Waals surface area contributed by atoms with Crippen LogP contribution in [0.2, 0.25) is 0 Å². The number of benzene rings is 1. The van der Waals surface area contributed by atoms with E-state index >= 15 is 0 Å². The summed E-state index contributed by atoms with van der Waals surface area (Å²) in [5.74, 6) is -0.0277. The second-order valence-corrected chi connectivity index (χ2v) is 12.5. The van der Waals surface area contributed by atoms with Gasteiger partial charge < -0.3 is 15.4 Å². The molecular weight excluding hydrogens is 553 g/mol. The van der Waals surface area contributed by atoms with Crippen LogP contribution in [0.4, 0.5) is 19.0 Å². The number of carbonyl (C=O) groups excluding carboxylic acids is 1. The summed E-state index contributed by atoms with van der Waals surface area (Å²) in [7, 11) is 0. The van der Waals surface area contributed by atoms with Gasteiger partial charge in [-0.15, -0.1) is 11.8 Å². The number of hydrogen-bond donors (Lipinski definition) is 2. The van der Waals surface area contributed by atoms with Crippen LogP contribution in [-0.4, -0.2) is 75.9 Å². The molecule has 3 atom stereocenters. The minimum Gasteiger partial charge on any atom is -0.381 e. The molecule has 2 N–H and O–H groups in total. The number of pyridine rings is 1. The lowest BCUT2D eigenvalue weighted by molar-refractivity contribution is -0.137. The maximum atomic E-state index is 13.3. The molecule has 41 heavy (non-hydrogen) atoms. The van der Waals surface area contributed by atoms with Gasteiger partial charge in [-0.2, -0.15) is 13.2 Å². The molecule has 12 heteroatoms. The molecule has 0 bridgehead atoms. The minimum absolute atomic E-state index is 0.0569. The predicted molar refractivity (Wildman–Crippen MR) is 152 cm³/mol. The lowest BCUT2D eigenvalue weighted by atomic mass is 10.1. The van der Waals surface area contributed by atoms with Gasteiger partial charge in [-0.3, -0.25) is 14.7 Å². The number of thioether (sulfide) groups is 1. The Hall–Kier alpha value is -2.96. The van der Waals surface area contributed by atoms with Gasteiger partial charge in [-0.25, -0.2) is 9.97 Å². The molecule has 6 rings (SSSR count). The quantitative estimate of drug-likeness (QED) is 0.417.